The predicted octanol–water partition coefficient (Wildman–Crippen LogP) is 3.81. The number of benzene rings is 2. The summed E-state index contributed by atoms with van der Waals surface area (Å²) in [6, 6.07) is 17.6. The highest BCUT2D eigenvalue weighted by Crippen LogP contribution is 2.23. The van der Waals surface area contributed by atoms with Gasteiger partial charge in [-0.15, -0.1) is 10.2 Å². The molecule has 140 valence electrons. The fourth-order valence-electron chi connectivity index (χ4n) is 2.50. The van der Waals surface area contributed by atoms with Crippen LogP contribution in [-0.2, 0) is 16.1 Å². The van der Waals surface area contributed by atoms with Gasteiger partial charge in [0.1, 0.15) is 12.4 Å². The first-order valence-corrected chi connectivity index (χ1v) is 9.63. The second kappa shape index (κ2) is 9.23. The standard InChI is InChI=1S/C20H21N3O3S/c1-3-25-19(24)14-27-20-22-21-18(23(20)16-9-5-4-6-10-16)13-26-17-11-7-8-15(2)12-17/h4-12H,3,13-14H2,1-2H3. The number of aryl methyl sites for hydroxylation is 1. The zero-order chi connectivity index (χ0) is 19.1. The average molecular weight is 383 g/mol. The Labute approximate surface area is 162 Å². The van der Waals surface area contributed by atoms with E-state index in [9.17, 15) is 4.79 Å². The maximum atomic E-state index is 11.7. The highest BCUT2D eigenvalue weighted by molar-refractivity contribution is 7.99. The van der Waals surface area contributed by atoms with E-state index in [1.807, 2.05) is 66.1 Å². The van der Waals surface area contributed by atoms with Gasteiger partial charge < -0.3 is 9.47 Å². The lowest BCUT2D eigenvalue weighted by molar-refractivity contribution is -0.139. The predicted molar refractivity (Wildman–Crippen MR) is 104 cm³/mol. The van der Waals surface area contributed by atoms with Crippen molar-refractivity contribution in [2.75, 3.05) is 12.4 Å². The normalized spacial score (nSPS) is 10.6. The fraction of sp³-hybridized carbons (Fsp3) is 0.250. The minimum Gasteiger partial charge on any atom is -0.486 e. The second-order valence-corrected chi connectivity index (χ2v) is 6.71. The lowest BCUT2D eigenvalue weighted by Gasteiger charge is -2.11. The molecule has 0 aliphatic heterocycles. The van der Waals surface area contributed by atoms with Crippen LogP contribution in [0.2, 0.25) is 0 Å². The lowest BCUT2D eigenvalue weighted by atomic mass is 10.2. The van der Waals surface area contributed by atoms with E-state index in [1.165, 1.54) is 11.8 Å². The van der Waals surface area contributed by atoms with E-state index in [0.717, 1.165) is 17.0 Å². The van der Waals surface area contributed by atoms with Crippen molar-refractivity contribution in [3.63, 3.8) is 0 Å². The van der Waals surface area contributed by atoms with Crippen LogP contribution in [0.4, 0.5) is 0 Å². The van der Waals surface area contributed by atoms with E-state index in [1.54, 1.807) is 6.92 Å². The first-order chi connectivity index (χ1) is 13.2. The van der Waals surface area contributed by atoms with E-state index in [-0.39, 0.29) is 18.3 Å². The quantitative estimate of drug-likeness (QED) is 0.435. The van der Waals surface area contributed by atoms with Gasteiger partial charge in [0, 0.05) is 5.69 Å². The number of ether oxygens (including phenoxy) is 2. The van der Waals surface area contributed by atoms with Crippen molar-refractivity contribution >= 4 is 17.7 Å². The summed E-state index contributed by atoms with van der Waals surface area (Å²) in [5.74, 6) is 1.34. The molecule has 27 heavy (non-hydrogen) atoms. The molecule has 0 amide bonds. The summed E-state index contributed by atoms with van der Waals surface area (Å²) in [6.07, 6.45) is 0. The number of carbonyl (C=O) groups excluding carboxylic acids is 1. The van der Waals surface area contributed by atoms with Gasteiger partial charge in [0.05, 0.1) is 12.4 Å². The molecule has 0 bridgehead atoms. The third-order valence-corrected chi connectivity index (χ3v) is 4.60. The Hall–Kier alpha value is -2.80. The molecular weight excluding hydrogens is 362 g/mol. The first-order valence-electron chi connectivity index (χ1n) is 8.65. The monoisotopic (exact) mass is 383 g/mol. The summed E-state index contributed by atoms with van der Waals surface area (Å²) in [5.41, 5.74) is 2.04. The van der Waals surface area contributed by atoms with Crippen LogP contribution >= 0.6 is 11.8 Å². The molecule has 0 aliphatic carbocycles. The summed E-state index contributed by atoms with van der Waals surface area (Å²) in [6.45, 7) is 4.44. The average Bonchev–Trinajstić information content (AvgIpc) is 3.08. The van der Waals surface area contributed by atoms with Crippen molar-refractivity contribution in [3.05, 3.63) is 66.0 Å². The smallest absolute Gasteiger partial charge is 0.316 e. The van der Waals surface area contributed by atoms with Gasteiger partial charge in [-0.05, 0) is 43.7 Å². The van der Waals surface area contributed by atoms with Crippen LogP contribution in [0, 0.1) is 6.92 Å². The van der Waals surface area contributed by atoms with Gasteiger partial charge in [-0.25, -0.2) is 0 Å². The molecule has 1 heterocycles. The highest BCUT2D eigenvalue weighted by Gasteiger charge is 2.16. The minimum absolute atomic E-state index is 0.178. The summed E-state index contributed by atoms with van der Waals surface area (Å²) < 4.78 is 12.8. The summed E-state index contributed by atoms with van der Waals surface area (Å²) in [5, 5.41) is 9.13. The Morgan fingerprint density at radius 1 is 1.11 bits per heavy atom. The number of aromatic nitrogens is 3. The molecule has 0 saturated heterocycles. The second-order valence-electron chi connectivity index (χ2n) is 5.77. The van der Waals surface area contributed by atoms with Crippen LogP contribution in [0.15, 0.2) is 59.8 Å². The Morgan fingerprint density at radius 2 is 1.93 bits per heavy atom. The van der Waals surface area contributed by atoms with Gasteiger partial charge in [-0.2, -0.15) is 0 Å². The van der Waals surface area contributed by atoms with E-state index < -0.39 is 0 Å². The third-order valence-electron chi connectivity index (χ3n) is 3.70. The van der Waals surface area contributed by atoms with Crippen LogP contribution in [0.1, 0.15) is 18.3 Å². The molecule has 0 unspecified atom stereocenters. The molecule has 0 aliphatic rings. The molecule has 0 spiro atoms. The zero-order valence-electron chi connectivity index (χ0n) is 15.3. The van der Waals surface area contributed by atoms with Crippen LogP contribution < -0.4 is 4.74 Å². The first kappa shape index (κ1) is 19.0. The largest absolute Gasteiger partial charge is 0.486 e. The number of hydrogen-bond acceptors (Lipinski definition) is 6. The van der Waals surface area contributed by atoms with Crippen LogP contribution in [-0.4, -0.2) is 33.1 Å². The lowest BCUT2D eigenvalue weighted by Crippen LogP contribution is -2.09. The number of hydrogen-bond donors (Lipinski definition) is 0. The number of nitrogens with zero attached hydrogens (tertiary/aromatic N) is 3. The minimum atomic E-state index is -0.275. The molecule has 0 fully saturated rings. The molecule has 2 aromatic carbocycles. The Balaban J connectivity index is 1.81. The number of rotatable bonds is 8. The van der Waals surface area contributed by atoms with Gasteiger partial charge in [0.2, 0.25) is 0 Å². The van der Waals surface area contributed by atoms with E-state index in [0.29, 0.717) is 17.6 Å². The molecule has 6 nitrogen and oxygen atoms in total. The van der Waals surface area contributed by atoms with Gasteiger partial charge >= 0.3 is 5.97 Å². The van der Waals surface area contributed by atoms with Gasteiger partial charge in [0.25, 0.3) is 0 Å². The molecule has 0 radical (unpaired) electrons. The van der Waals surface area contributed by atoms with Gasteiger partial charge in [0.15, 0.2) is 11.0 Å². The van der Waals surface area contributed by atoms with Gasteiger partial charge in [-0.3, -0.25) is 9.36 Å². The van der Waals surface area contributed by atoms with Crippen LogP contribution in [0.3, 0.4) is 0 Å². The summed E-state index contributed by atoms with van der Waals surface area (Å²) in [7, 11) is 0. The van der Waals surface area contributed by atoms with E-state index in [2.05, 4.69) is 10.2 Å². The fourth-order valence-corrected chi connectivity index (χ4v) is 3.27. The van der Waals surface area contributed by atoms with Crippen molar-refractivity contribution in [3.8, 4) is 11.4 Å². The molecule has 3 aromatic rings. The Kier molecular flexibility index (Phi) is 6.49. The molecule has 7 heteroatoms. The van der Waals surface area contributed by atoms with Crippen molar-refractivity contribution in [2.24, 2.45) is 0 Å². The number of esters is 1. The summed E-state index contributed by atoms with van der Waals surface area (Å²) in [4.78, 5) is 11.7. The third kappa shape index (κ3) is 5.10. The van der Waals surface area contributed by atoms with Crippen molar-refractivity contribution in [1.29, 1.82) is 0 Å². The molecule has 0 saturated carbocycles. The van der Waals surface area contributed by atoms with Crippen LogP contribution in [0.25, 0.3) is 5.69 Å². The van der Waals surface area contributed by atoms with Gasteiger partial charge in [-0.1, -0.05) is 42.1 Å². The zero-order valence-corrected chi connectivity index (χ0v) is 16.1. The number of thioether (sulfide) groups is 1. The maximum absolute atomic E-state index is 11.7. The van der Waals surface area contributed by atoms with E-state index in [4.69, 9.17) is 9.47 Å². The number of para-hydroxylation sites is 1. The SMILES string of the molecule is CCOC(=O)CSc1nnc(COc2cccc(C)c2)n1-c1ccccc1. The van der Waals surface area contributed by atoms with Crippen molar-refractivity contribution in [2.45, 2.75) is 25.6 Å². The molecule has 3 rings (SSSR count). The number of carbonyl (C=O) groups is 1. The maximum Gasteiger partial charge on any atom is 0.316 e. The molecule has 0 N–H and O–H groups in total. The van der Waals surface area contributed by atoms with Crippen molar-refractivity contribution < 1.29 is 14.3 Å². The molecular formula is C20H21N3O3S. The van der Waals surface area contributed by atoms with Crippen LogP contribution in [0.5, 0.6) is 5.75 Å². The van der Waals surface area contributed by atoms with Crippen molar-refractivity contribution in [1.82, 2.24) is 14.8 Å². The summed E-state index contributed by atoms with van der Waals surface area (Å²) >= 11 is 1.29. The molecule has 0 atom stereocenters. The Morgan fingerprint density at radius 3 is 2.67 bits per heavy atom. The topological polar surface area (TPSA) is 66.2 Å². The van der Waals surface area contributed by atoms with E-state index >= 15 is 0 Å². The Bertz CT molecular complexity index is 896. The highest BCUT2D eigenvalue weighted by atomic mass is 32.2. The molecule has 1 aromatic heterocycles.